The number of hydrogen-bond donors (Lipinski definition) is 2. The number of aryl methyl sites for hydroxylation is 1. The molecule has 3 heterocycles. The maximum absolute atomic E-state index is 14.9. The summed E-state index contributed by atoms with van der Waals surface area (Å²) in [5.74, 6) is 0.428. The van der Waals surface area contributed by atoms with Gasteiger partial charge in [-0.15, -0.1) is 24.0 Å². The molecule has 0 radical (unpaired) electrons. The third-order valence-electron chi connectivity index (χ3n) is 6.10. The highest BCUT2D eigenvalue weighted by Gasteiger charge is 2.35. The SMILES string of the molecule is COc1ncnc(C2CC2)c1-c1ncc(C=N)c(NCc2ccc(-c3nc(C(F)(F)F)cn3C)c(F)c2)n1.I. The van der Waals surface area contributed by atoms with Crippen LogP contribution in [0.25, 0.3) is 22.8 Å². The van der Waals surface area contributed by atoms with Crippen LogP contribution in [-0.4, -0.2) is 42.8 Å². The van der Waals surface area contributed by atoms with E-state index in [9.17, 15) is 17.6 Å². The molecule has 1 saturated carbocycles. The molecule has 0 aliphatic heterocycles. The van der Waals surface area contributed by atoms with E-state index in [1.807, 2.05) is 0 Å². The summed E-state index contributed by atoms with van der Waals surface area (Å²) < 4.78 is 60.5. The number of anilines is 1. The summed E-state index contributed by atoms with van der Waals surface area (Å²) in [5, 5.41) is 10.8. The first kappa shape index (κ1) is 28.3. The molecule has 1 aromatic carbocycles. The number of aromatic nitrogens is 6. The van der Waals surface area contributed by atoms with Crippen LogP contribution in [0.4, 0.5) is 23.4 Å². The second kappa shape index (κ2) is 11.2. The number of hydrogen-bond acceptors (Lipinski definition) is 8. The van der Waals surface area contributed by atoms with Crippen molar-refractivity contribution in [3.63, 3.8) is 0 Å². The summed E-state index contributed by atoms with van der Waals surface area (Å²) in [6, 6.07) is 4.18. The first-order valence-electron chi connectivity index (χ1n) is 11.6. The van der Waals surface area contributed by atoms with E-state index in [1.165, 1.54) is 38.8 Å². The lowest BCUT2D eigenvalue weighted by Gasteiger charge is -2.14. The van der Waals surface area contributed by atoms with Crippen LogP contribution < -0.4 is 10.1 Å². The van der Waals surface area contributed by atoms with Gasteiger partial charge in [0.15, 0.2) is 11.5 Å². The van der Waals surface area contributed by atoms with E-state index in [0.717, 1.165) is 35.5 Å². The second-order valence-corrected chi connectivity index (χ2v) is 8.79. The molecule has 0 bridgehead atoms. The molecule has 1 fully saturated rings. The van der Waals surface area contributed by atoms with E-state index in [4.69, 9.17) is 10.1 Å². The average molecular weight is 654 g/mol. The first-order chi connectivity index (χ1) is 18.2. The van der Waals surface area contributed by atoms with E-state index in [2.05, 4.69) is 30.2 Å². The zero-order valence-corrected chi connectivity index (χ0v) is 23.1. The molecule has 5 rings (SSSR count). The Balaban J connectivity index is 0.00000353. The summed E-state index contributed by atoms with van der Waals surface area (Å²) in [4.78, 5) is 21.1. The van der Waals surface area contributed by atoms with Crippen LogP contribution in [0.3, 0.4) is 0 Å². The van der Waals surface area contributed by atoms with Crippen molar-refractivity contribution in [2.45, 2.75) is 31.5 Å². The van der Waals surface area contributed by atoms with Gasteiger partial charge in [-0.1, -0.05) is 6.07 Å². The Labute approximate surface area is 237 Å². The van der Waals surface area contributed by atoms with Gasteiger partial charge < -0.3 is 20.0 Å². The fourth-order valence-corrected chi connectivity index (χ4v) is 4.06. The molecule has 0 spiro atoms. The van der Waals surface area contributed by atoms with Gasteiger partial charge in [0.2, 0.25) is 5.88 Å². The average Bonchev–Trinajstić information content (AvgIpc) is 3.67. The van der Waals surface area contributed by atoms with E-state index in [0.29, 0.717) is 34.2 Å². The van der Waals surface area contributed by atoms with Crippen LogP contribution in [0.15, 0.2) is 36.9 Å². The Morgan fingerprint density at radius 3 is 2.56 bits per heavy atom. The monoisotopic (exact) mass is 654 g/mol. The molecule has 39 heavy (non-hydrogen) atoms. The Hall–Kier alpha value is -3.69. The van der Waals surface area contributed by atoms with Crippen molar-refractivity contribution in [2.24, 2.45) is 7.05 Å². The fraction of sp³-hybridized carbons (Fsp3) is 0.280. The highest BCUT2D eigenvalue weighted by atomic mass is 127. The molecule has 4 aromatic rings. The van der Waals surface area contributed by atoms with Gasteiger partial charge in [-0.2, -0.15) is 13.2 Å². The van der Waals surface area contributed by atoms with Crippen molar-refractivity contribution in [2.75, 3.05) is 12.4 Å². The van der Waals surface area contributed by atoms with Crippen LogP contribution in [0.5, 0.6) is 5.88 Å². The molecule has 0 atom stereocenters. The van der Waals surface area contributed by atoms with Gasteiger partial charge in [0.1, 0.15) is 29.4 Å². The highest BCUT2D eigenvalue weighted by Crippen LogP contribution is 2.45. The van der Waals surface area contributed by atoms with Crippen molar-refractivity contribution in [3.05, 3.63) is 65.3 Å². The van der Waals surface area contributed by atoms with Crippen molar-refractivity contribution in [1.29, 1.82) is 5.41 Å². The van der Waals surface area contributed by atoms with Crippen molar-refractivity contribution < 1.29 is 22.3 Å². The Morgan fingerprint density at radius 2 is 1.95 bits per heavy atom. The minimum absolute atomic E-state index is 0. The molecule has 0 saturated heterocycles. The maximum Gasteiger partial charge on any atom is 0.434 e. The number of nitrogens with zero attached hydrogens (tertiary/aromatic N) is 6. The number of nitrogens with one attached hydrogen (secondary N) is 2. The molecule has 3 aromatic heterocycles. The molecule has 1 aliphatic rings. The lowest BCUT2D eigenvalue weighted by Crippen LogP contribution is -2.08. The number of methoxy groups -OCH3 is 1. The summed E-state index contributed by atoms with van der Waals surface area (Å²) in [5.41, 5.74) is 1.14. The van der Waals surface area contributed by atoms with Gasteiger partial charge >= 0.3 is 6.18 Å². The number of benzene rings is 1. The molecule has 204 valence electrons. The molecule has 0 unspecified atom stereocenters. The summed E-state index contributed by atoms with van der Waals surface area (Å²) in [6.07, 6.45) is 2.20. The Kier molecular flexibility index (Phi) is 8.13. The zero-order chi connectivity index (χ0) is 27.0. The third kappa shape index (κ3) is 5.84. The summed E-state index contributed by atoms with van der Waals surface area (Å²) in [6.45, 7) is 0.126. The number of halogens is 5. The van der Waals surface area contributed by atoms with Gasteiger partial charge in [0, 0.05) is 38.1 Å². The molecule has 0 amide bonds. The second-order valence-electron chi connectivity index (χ2n) is 8.79. The topological polar surface area (TPSA) is 114 Å². The van der Waals surface area contributed by atoms with Crippen molar-refractivity contribution in [1.82, 2.24) is 29.5 Å². The third-order valence-corrected chi connectivity index (χ3v) is 6.10. The minimum atomic E-state index is -4.63. The standard InChI is InChI=1S/C25H22F4N8O.HI/c1-37-11-18(25(27,28)29)35-23(37)16-6-3-13(7-17(16)26)9-31-21-15(8-30)10-32-22(36-21)19-20(14-4-5-14)33-12-34-24(19)38-2;/h3,6-8,10-12,14,30H,4-5,9H2,1-2H3,(H,31,32,36);1H. The normalized spacial score (nSPS) is 13.1. The summed E-state index contributed by atoms with van der Waals surface area (Å²) >= 11 is 0. The van der Waals surface area contributed by atoms with E-state index in [-0.39, 0.29) is 47.8 Å². The Bertz CT molecular complexity index is 1520. The first-order valence-corrected chi connectivity index (χ1v) is 11.6. The number of rotatable bonds is 8. The maximum atomic E-state index is 14.9. The number of ether oxygens (including phenoxy) is 1. The molecular formula is C25H23F4IN8O. The van der Waals surface area contributed by atoms with Gasteiger partial charge in [0.25, 0.3) is 0 Å². The van der Waals surface area contributed by atoms with E-state index >= 15 is 0 Å². The van der Waals surface area contributed by atoms with Gasteiger partial charge in [0.05, 0.1) is 23.9 Å². The van der Waals surface area contributed by atoms with Crippen LogP contribution in [0, 0.1) is 11.2 Å². The van der Waals surface area contributed by atoms with Gasteiger partial charge in [-0.05, 0) is 30.5 Å². The fourth-order valence-electron chi connectivity index (χ4n) is 4.06. The van der Waals surface area contributed by atoms with Gasteiger partial charge in [-0.3, -0.25) is 0 Å². The molecular weight excluding hydrogens is 631 g/mol. The van der Waals surface area contributed by atoms with Crippen molar-refractivity contribution >= 4 is 36.0 Å². The molecule has 2 N–H and O–H groups in total. The molecule has 14 heteroatoms. The molecule has 9 nitrogen and oxygen atoms in total. The quantitative estimate of drug-likeness (QED) is 0.144. The van der Waals surface area contributed by atoms with E-state index < -0.39 is 17.7 Å². The smallest absolute Gasteiger partial charge is 0.434 e. The Morgan fingerprint density at radius 1 is 1.18 bits per heavy atom. The van der Waals surface area contributed by atoms with Crippen LogP contribution in [-0.2, 0) is 19.8 Å². The highest BCUT2D eigenvalue weighted by molar-refractivity contribution is 14.0. The zero-order valence-electron chi connectivity index (χ0n) is 20.8. The van der Waals surface area contributed by atoms with Crippen LogP contribution >= 0.6 is 24.0 Å². The predicted molar refractivity (Wildman–Crippen MR) is 146 cm³/mol. The largest absolute Gasteiger partial charge is 0.480 e. The van der Waals surface area contributed by atoms with Crippen LogP contribution in [0.1, 0.15) is 41.3 Å². The minimum Gasteiger partial charge on any atom is -0.480 e. The number of alkyl halides is 3. The van der Waals surface area contributed by atoms with E-state index in [1.54, 1.807) is 6.07 Å². The van der Waals surface area contributed by atoms with Gasteiger partial charge in [-0.25, -0.2) is 29.3 Å². The predicted octanol–water partition coefficient (Wildman–Crippen LogP) is 5.61. The van der Waals surface area contributed by atoms with Crippen LogP contribution in [0.2, 0.25) is 0 Å². The summed E-state index contributed by atoms with van der Waals surface area (Å²) in [7, 11) is 2.88. The molecule has 1 aliphatic carbocycles. The lowest BCUT2D eigenvalue weighted by atomic mass is 10.1. The number of imidazole rings is 1. The lowest BCUT2D eigenvalue weighted by molar-refractivity contribution is -0.140. The van der Waals surface area contributed by atoms with Crippen molar-refractivity contribution in [3.8, 4) is 28.7 Å².